The van der Waals surface area contributed by atoms with Gasteiger partial charge in [-0.2, -0.15) is 0 Å². The monoisotopic (exact) mass is 127 g/mol. The van der Waals surface area contributed by atoms with E-state index in [1.165, 1.54) is 0 Å². The molecule has 0 aromatic carbocycles. The van der Waals surface area contributed by atoms with Crippen molar-refractivity contribution in [2.75, 3.05) is 0 Å². The van der Waals surface area contributed by atoms with Crippen LogP contribution in [-0.2, 0) is 0 Å². The molecule has 0 saturated heterocycles. The van der Waals surface area contributed by atoms with Gasteiger partial charge in [-0.25, -0.2) is 0 Å². The lowest BCUT2D eigenvalue weighted by molar-refractivity contribution is 0.415. The first-order chi connectivity index (χ1) is 2.24. The molecule has 0 nitrogen and oxygen atoms in total. The standard InChI is InChI=1S/F5S/c1-6(2,3,4)5. The van der Waals surface area contributed by atoms with Gasteiger partial charge in [-0.3, -0.25) is 0 Å². The van der Waals surface area contributed by atoms with E-state index >= 15 is 0 Å². The summed E-state index contributed by atoms with van der Waals surface area (Å²) in [6, 6.07) is 0. The molecule has 0 fully saturated rings. The lowest BCUT2D eigenvalue weighted by Crippen LogP contribution is -1.70. The van der Waals surface area contributed by atoms with Crippen LogP contribution in [0.5, 0.6) is 0 Å². The number of halogens is 5. The Bertz CT molecular complexity index is 37.1. The van der Waals surface area contributed by atoms with Crippen molar-refractivity contribution >= 4 is 11.1 Å². The van der Waals surface area contributed by atoms with Crippen molar-refractivity contribution in [3.05, 3.63) is 0 Å². The lowest BCUT2D eigenvalue weighted by Gasteiger charge is -2.08. The third-order valence-corrected chi connectivity index (χ3v) is 0. The van der Waals surface area contributed by atoms with E-state index in [-0.39, 0.29) is 0 Å². The van der Waals surface area contributed by atoms with E-state index in [1.54, 1.807) is 0 Å². The first-order valence-corrected chi connectivity index (χ1v) is 2.31. The lowest BCUT2D eigenvalue weighted by atomic mass is 18.6. The average molecular weight is 127 g/mol. The molecule has 0 N–H and O–H groups in total. The zero-order valence-corrected chi connectivity index (χ0v) is 3.11. The van der Waals surface area contributed by atoms with Crippen molar-refractivity contribution < 1.29 is 19.4 Å². The van der Waals surface area contributed by atoms with Crippen LogP contribution < -0.4 is 0 Å². The number of rotatable bonds is 0. The summed E-state index contributed by atoms with van der Waals surface area (Å²) in [6.07, 6.45) is 0. The van der Waals surface area contributed by atoms with Crippen LogP contribution in [0, 0.1) is 0 Å². The smallest absolute Gasteiger partial charge is 0.0827 e. The predicted octanol–water partition coefficient (Wildman–Crippen LogP) is 2.75. The first-order valence-electron chi connectivity index (χ1n) is 0.772. The molecule has 0 rings (SSSR count). The molecule has 0 aliphatic heterocycles. The van der Waals surface area contributed by atoms with Gasteiger partial charge in [0.2, 0.25) is 0 Å². The Morgan fingerprint density at radius 2 is 0.667 bits per heavy atom. The predicted molar refractivity (Wildman–Crippen MR) is 13.1 cm³/mol. The van der Waals surface area contributed by atoms with E-state index in [0.717, 1.165) is 0 Å². The van der Waals surface area contributed by atoms with Gasteiger partial charge in [0.05, 0.1) is 0 Å². The topological polar surface area (TPSA) is 0 Å². The summed E-state index contributed by atoms with van der Waals surface area (Å²) < 4.78 is 49.1. The van der Waals surface area contributed by atoms with Crippen LogP contribution in [0.2, 0.25) is 0 Å². The zero-order valence-electron chi connectivity index (χ0n) is 2.30. The quantitative estimate of drug-likeness (QED) is 0.439. The van der Waals surface area contributed by atoms with Crippen LogP contribution in [0.3, 0.4) is 0 Å². The maximum atomic E-state index is 9.82. The third-order valence-electron chi connectivity index (χ3n) is 0. The highest BCUT2D eigenvalue weighted by Gasteiger charge is 2.42. The second kappa shape index (κ2) is 0.800. The Morgan fingerprint density at radius 3 is 0.667 bits per heavy atom. The molecule has 0 atom stereocenters. The van der Waals surface area contributed by atoms with Crippen molar-refractivity contribution in [1.29, 1.82) is 0 Å². The highest BCUT2D eigenvalue weighted by atomic mass is 32.4. The van der Waals surface area contributed by atoms with E-state index in [1.807, 2.05) is 0 Å². The second-order valence-corrected chi connectivity index (χ2v) is 1.75. The first kappa shape index (κ1) is 6.00. The van der Waals surface area contributed by atoms with E-state index in [2.05, 4.69) is 0 Å². The van der Waals surface area contributed by atoms with Crippen molar-refractivity contribution in [3.63, 3.8) is 0 Å². The molecule has 0 saturated carbocycles. The molecule has 1 radical (unpaired) electrons. The molecule has 0 bridgehead atoms. The van der Waals surface area contributed by atoms with E-state index in [9.17, 15) is 19.4 Å². The van der Waals surface area contributed by atoms with E-state index in [4.69, 9.17) is 0 Å². The summed E-state index contributed by atoms with van der Waals surface area (Å²) in [4.78, 5) is 0. The summed E-state index contributed by atoms with van der Waals surface area (Å²) in [7, 11) is 0. The molecule has 0 unspecified atom stereocenters. The van der Waals surface area contributed by atoms with E-state index in [0.29, 0.717) is 0 Å². The number of hydrogen-bond acceptors (Lipinski definition) is 0. The van der Waals surface area contributed by atoms with Crippen molar-refractivity contribution in [3.8, 4) is 0 Å². The number of hydrogen-bond donors (Lipinski definition) is 0. The van der Waals surface area contributed by atoms with Crippen LogP contribution >= 0.6 is 11.1 Å². The summed E-state index contributed by atoms with van der Waals surface area (Å²) in [5.41, 5.74) is 0. The minimum absolute atomic E-state index is 8.35. The molecular weight excluding hydrogens is 127 g/mol. The van der Waals surface area contributed by atoms with Crippen molar-refractivity contribution in [2.24, 2.45) is 0 Å². The minimum Gasteiger partial charge on any atom is -0.0827 e. The average Bonchev–Trinajstić information content (AvgIpc) is 0.650. The third kappa shape index (κ3) is 11700000000000000573797782385590272. The Hall–Kier alpha value is -0.0000000000000000555. The molecule has 6 heteroatoms. The van der Waals surface area contributed by atoms with Gasteiger partial charge in [0, 0.05) is 0 Å². The van der Waals surface area contributed by atoms with Crippen LogP contribution in [-0.4, -0.2) is 0 Å². The SMILES string of the molecule is F[S](F)(F)(F)F. The minimum atomic E-state index is -8.35. The Morgan fingerprint density at radius 1 is 0.667 bits per heavy atom. The van der Waals surface area contributed by atoms with Gasteiger partial charge in [0.15, 0.2) is 0 Å². The largest absolute Gasteiger partial charge is 0.413 e. The summed E-state index contributed by atoms with van der Waals surface area (Å²) in [5, 5.41) is 0. The maximum absolute atomic E-state index is 9.82. The van der Waals surface area contributed by atoms with Gasteiger partial charge in [-0.05, 0) is 0 Å². The van der Waals surface area contributed by atoms with Gasteiger partial charge in [0.25, 0.3) is 0 Å². The van der Waals surface area contributed by atoms with Gasteiger partial charge in [-0.1, -0.05) is 19.4 Å². The van der Waals surface area contributed by atoms with Gasteiger partial charge in [0.1, 0.15) is 0 Å². The van der Waals surface area contributed by atoms with E-state index < -0.39 is 11.1 Å². The van der Waals surface area contributed by atoms with Crippen LogP contribution in [0.25, 0.3) is 0 Å². The summed E-state index contributed by atoms with van der Waals surface area (Å²) >= 11 is -8.35. The van der Waals surface area contributed by atoms with Gasteiger partial charge in [-0.15, -0.1) is 0 Å². The molecule has 6 heavy (non-hydrogen) atoms. The van der Waals surface area contributed by atoms with Crippen LogP contribution in [0.1, 0.15) is 0 Å². The highest BCUT2D eigenvalue weighted by Crippen LogP contribution is 2.78. The molecule has 0 aromatic heterocycles. The molecular formula is F5S. The molecule has 0 aliphatic carbocycles. The van der Waals surface area contributed by atoms with Gasteiger partial charge >= 0.3 is 11.1 Å². The van der Waals surface area contributed by atoms with Crippen LogP contribution in [0.4, 0.5) is 19.4 Å². The van der Waals surface area contributed by atoms with Crippen LogP contribution in [0.15, 0.2) is 0 Å². The Labute approximate surface area is 31.7 Å². The zero-order chi connectivity index (χ0) is 5.45. The fraction of sp³-hybridized carbons (Fsp3) is 0. The second-order valence-electron chi connectivity index (χ2n) is 0.583. The fourth-order valence-electron chi connectivity index (χ4n) is 0. The molecule has 41 valence electrons. The maximum Gasteiger partial charge on any atom is 0.413 e. The van der Waals surface area contributed by atoms with Crippen molar-refractivity contribution in [2.45, 2.75) is 0 Å². The Kier molecular flexibility index (Phi) is 0.800. The summed E-state index contributed by atoms with van der Waals surface area (Å²) in [6.45, 7) is 0. The molecule has 0 aromatic rings. The Balaban J connectivity index is 3.73. The molecule has 0 amide bonds. The van der Waals surface area contributed by atoms with Gasteiger partial charge < -0.3 is 0 Å². The fourth-order valence-corrected chi connectivity index (χ4v) is 0. The molecule has 0 heterocycles. The normalized spacial score (nSPS) is 19.2. The molecule has 0 spiro atoms. The highest BCUT2D eigenvalue weighted by molar-refractivity contribution is 8.29. The molecule has 0 aliphatic rings. The summed E-state index contributed by atoms with van der Waals surface area (Å²) in [5.74, 6) is 0. The van der Waals surface area contributed by atoms with Crippen molar-refractivity contribution in [1.82, 2.24) is 0 Å².